The Balaban J connectivity index is 4.71. The Morgan fingerprint density at radius 3 is 2.21 bits per heavy atom. The number of likely N-dealkylation sites (N-methyl/N-ethyl adjacent to an activating group) is 1. The first-order valence-corrected chi connectivity index (χ1v) is 4.27. The van der Waals surface area contributed by atoms with E-state index in [0.29, 0.717) is 0 Å². The second kappa shape index (κ2) is 5.17. The van der Waals surface area contributed by atoms with Crippen molar-refractivity contribution < 1.29 is 5.11 Å². The first kappa shape index (κ1) is 12.4. The molecule has 0 aliphatic heterocycles. The lowest BCUT2D eigenvalue weighted by molar-refractivity contribution is 0.428. The van der Waals surface area contributed by atoms with Gasteiger partial charge in [-0.05, 0) is 31.7 Å². The summed E-state index contributed by atoms with van der Waals surface area (Å²) in [5.74, 6) is 0.0246. The van der Waals surface area contributed by atoms with Crippen molar-refractivity contribution in [3.63, 3.8) is 0 Å². The third-order valence-corrected chi connectivity index (χ3v) is 2.01. The number of aliphatic hydroxyl groups is 1. The van der Waals surface area contributed by atoms with E-state index in [1.54, 1.807) is 6.08 Å². The number of rotatable bonds is 4. The van der Waals surface area contributed by atoms with Crippen molar-refractivity contribution in [2.75, 3.05) is 7.05 Å². The Morgan fingerprint density at radius 2 is 1.86 bits per heavy atom. The number of hydrogen-bond acceptors (Lipinski definition) is 3. The van der Waals surface area contributed by atoms with Crippen molar-refractivity contribution in [1.82, 2.24) is 4.90 Å². The van der Waals surface area contributed by atoms with Gasteiger partial charge in [0, 0.05) is 18.4 Å². The van der Waals surface area contributed by atoms with Gasteiger partial charge in [-0.25, -0.2) is 0 Å². The fraction of sp³-hybridized carbons (Fsp3) is 0.273. The third kappa shape index (κ3) is 3.39. The van der Waals surface area contributed by atoms with Gasteiger partial charge in [-0.15, -0.1) is 0 Å². The molecule has 0 aromatic heterocycles. The van der Waals surface area contributed by atoms with Gasteiger partial charge in [-0.3, -0.25) is 0 Å². The normalized spacial score (nSPS) is 12.5. The molecule has 0 heterocycles. The molecule has 0 bridgehead atoms. The average molecular weight is 194 g/mol. The van der Waals surface area contributed by atoms with Crippen LogP contribution in [0.3, 0.4) is 0 Å². The lowest BCUT2D eigenvalue weighted by Gasteiger charge is -2.22. The van der Waals surface area contributed by atoms with Gasteiger partial charge in [-0.2, -0.15) is 0 Å². The van der Waals surface area contributed by atoms with Gasteiger partial charge in [0.25, 0.3) is 0 Å². The maximum Gasteiger partial charge on any atom is 0.110 e. The van der Waals surface area contributed by atoms with Crippen LogP contribution in [0, 0.1) is 0 Å². The monoisotopic (exact) mass is 194 g/mol. The van der Waals surface area contributed by atoms with E-state index in [-0.39, 0.29) is 5.76 Å². The second-order valence-electron chi connectivity index (χ2n) is 3.13. The average Bonchev–Trinajstić information content (AvgIpc) is 2.13. The predicted octanol–water partition coefficient (Wildman–Crippen LogP) is 2.27. The van der Waals surface area contributed by atoms with Gasteiger partial charge in [0.2, 0.25) is 0 Å². The van der Waals surface area contributed by atoms with E-state index in [4.69, 9.17) is 10.8 Å². The molecule has 14 heavy (non-hydrogen) atoms. The molecule has 0 aliphatic carbocycles. The van der Waals surface area contributed by atoms with Crippen LogP contribution in [0.25, 0.3) is 0 Å². The maximum atomic E-state index is 8.98. The van der Waals surface area contributed by atoms with Crippen molar-refractivity contribution >= 4 is 0 Å². The summed E-state index contributed by atoms with van der Waals surface area (Å²) < 4.78 is 0. The fourth-order valence-electron chi connectivity index (χ4n) is 0.912. The van der Waals surface area contributed by atoms with Gasteiger partial charge in [0.05, 0.1) is 0 Å². The minimum absolute atomic E-state index is 0.0246. The molecule has 0 atom stereocenters. The summed E-state index contributed by atoms with van der Waals surface area (Å²) in [5.41, 5.74) is 7.91. The lowest BCUT2D eigenvalue weighted by atomic mass is 10.2. The molecule has 3 N–H and O–H groups in total. The SMILES string of the molecule is C=C(O)/C=C(/C)N(C)C(=C)/C(C)=C\N. The highest BCUT2D eigenvalue weighted by Crippen LogP contribution is 2.15. The number of hydrogen-bond donors (Lipinski definition) is 2. The molecule has 0 fully saturated rings. The van der Waals surface area contributed by atoms with Crippen molar-refractivity contribution in [3.8, 4) is 0 Å². The highest BCUT2D eigenvalue weighted by molar-refractivity contribution is 5.28. The molecule has 0 rings (SSSR count). The minimum atomic E-state index is 0.0246. The molecular weight excluding hydrogens is 176 g/mol. The highest BCUT2D eigenvalue weighted by atomic mass is 16.3. The topological polar surface area (TPSA) is 49.5 Å². The van der Waals surface area contributed by atoms with Crippen molar-refractivity contribution in [2.45, 2.75) is 13.8 Å². The Kier molecular flexibility index (Phi) is 4.56. The van der Waals surface area contributed by atoms with E-state index in [0.717, 1.165) is 17.0 Å². The molecule has 78 valence electrons. The maximum absolute atomic E-state index is 8.98. The van der Waals surface area contributed by atoms with Crippen molar-refractivity contribution in [3.05, 3.63) is 48.2 Å². The first-order valence-electron chi connectivity index (χ1n) is 4.27. The standard InChI is InChI=1S/C11H18N2O/c1-8(7-12)11(4)13(5)9(2)6-10(3)14/h6-7,14H,3-4,12H2,1-2,5H3/b8-7-,9-6-. The summed E-state index contributed by atoms with van der Waals surface area (Å²) in [5, 5.41) is 8.98. The van der Waals surface area contributed by atoms with Gasteiger partial charge < -0.3 is 15.7 Å². The molecule has 0 spiro atoms. The largest absolute Gasteiger partial charge is 0.509 e. The van der Waals surface area contributed by atoms with Crippen LogP contribution in [-0.2, 0) is 0 Å². The predicted molar refractivity (Wildman–Crippen MR) is 60.4 cm³/mol. The zero-order chi connectivity index (χ0) is 11.3. The summed E-state index contributed by atoms with van der Waals surface area (Å²) in [6.45, 7) is 11.0. The van der Waals surface area contributed by atoms with Crippen LogP contribution < -0.4 is 5.73 Å². The smallest absolute Gasteiger partial charge is 0.110 e. The van der Waals surface area contributed by atoms with Gasteiger partial charge in [0.1, 0.15) is 5.76 Å². The van der Waals surface area contributed by atoms with Gasteiger partial charge in [0.15, 0.2) is 0 Å². The Hall–Kier alpha value is -1.64. The van der Waals surface area contributed by atoms with Gasteiger partial charge >= 0.3 is 0 Å². The number of nitrogens with zero attached hydrogens (tertiary/aromatic N) is 1. The van der Waals surface area contributed by atoms with E-state index < -0.39 is 0 Å². The van der Waals surface area contributed by atoms with Crippen LogP contribution in [-0.4, -0.2) is 17.1 Å². The van der Waals surface area contributed by atoms with Crippen LogP contribution in [0.5, 0.6) is 0 Å². The van der Waals surface area contributed by atoms with E-state index in [9.17, 15) is 0 Å². The molecule has 3 nitrogen and oxygen atoms in total. The van der Waals surface area contributed by atoms with E-state index >= 15 is 0 Å². The summed E-state index contributed by atoms with van der Waals surface area (Å²) in [6.07, 6.45) is 3.06. The molecule has 3 heteroatoms. The molecule has 0 saturated carbocycles. The minimum Gasteiger partial charge on any atom is -0.509 e. The van der Waals surface area contributed by atoms with Crippen LogP contribution >= 0.6 is 0 Å². The molecule has 0 unspecified atom stereocenters. The number of aliphatic hydroxyl groups excluding tert-OH is 1. The van der Waals surface area contributed by atoms with Crippen molar-refractivity contribution in [1.29, 1.82) is 0 Å². The molecule has 0 radical (unpaired) electrons. The van der Waals surface area contributed by atoms with E-state index in [2.05, 4.69) is 13.2 Å². The summed E-state index contributed by atoms with van der Waals surface area (Å²) >= 11 is 0. The van der Waals surface area contributed by atoms with E-state index in [1.165, 1.54) is 6.20 Å². The van der Waals surface area contributed by atoms with Crippen LogP contribution in [0.2, 0.25) is 0 Å². The Bertz CT molecular complexity index is 298. The fourth-order valence-corrected chi connectivity index (χ4v) is 0.912. The summed E-state index contributed by atoms with van der Waals surface area (Å²) in [7, 11) is 1.85. The Morgan fingerprint density at radius 1 is 1.36 bits per heavy atom. The second-order valence-corrected chi connectivity index (χ2v) is 3.13. The lowest BCUT2D eigenvalue weighted by Crippen LogP contribution is -2.16. The molecular formula is C11H18N2O. The first-order chi connectivity index (χ1) is 6.40. The van der Waals surface area contributed by atoms with Gasteiger partial charge in [-0.1, -0.05) is 13.2 Å². The third-order valence-electron chi connectivity index (χ3n) is 2.01. The van der Waals surface area contributed by atoms with Crippen LogP contribution in [0.4, 0.5) is 0 Å². The van der Waals surface area contributed by atoms with E-state index in [1.807, 2.05) is 25.8 Å². The summed E-state index contributed by atoms with van der Waals surface area (Å²) in [4.78, 5) is 1.83. The number of nitrogens with two attached hydrogens (primary N) is 1. The van der Waals surface area contributed by atoms with Crippen molar-refractivity contribution in [2.24, 2.45) is 5.73 Å². The van der Waals surface area contributed by atoms with Crippen LogP contribution in [0.15, 0.2) is 48.2 Å². The molecule has 0 aromatic carbocycles. The zero-order valence-corrected chi connectivity index (χ0v) is 9.04. The highest BCUT2D eigenvalue weighted by Gasteiger charge is 2.05. The molecule has 0 saturated heterocycles. The van der Waals surface area contributed by atoms with Crippen LogP contribution in [0.1, 0.15) is 13.8 Å². The summed E-state index contributed by atoms with van der Waals surface area (Å²) in [6, 6.07) is 0. The molecule has 0 aromatic rings. The zero-order valence-electron chi connectivity index (χ0n) is 9.04. The molecule has 0 aliphatic rings. The number of allylic oxidation sites excluding steroid dienone is 3. The quantitative estimate of drug-likeness (QED) is 0.533. The molecule has 0 amide bonds. The Labute approximate surface area is 85.5 Å².